The smallest absolute Gasteiger partial charge is 0.255 e. The molecule has 2 aromatic carbocycles. The van der Waals surface area contributed by atoms with Crippen LogP contribution in [0.2, 0.25) is 0 Å². The van der Waals surface area contributed by atoms with Crippen LogP contribution in [0.25, 0.3) is 0 Å². The molecule has 0 aliphatic heterocycles. The third-order valence-electron chi connectivity index (χ3n) is 3.10. The number of hydrogen-bond acceptors (Lipinski definition) is 2. The molecule has 104 valence electrons. The largest absolute Gasteiger partial charge is 0.497 e. The predicted molar refractivity (Wildman–Crippen MR) is 76.8 cm³/mol. The summed E-state index contributed by atoms with van der Waals surface area (Å²) in [5.41, 5.74) is 2.48. The molecule has 0 fully saturated rings. The third-order valence-corrected chi connectivity index (χ3v) is 3.10. The van der Waals surface area contributed by atoms with Crippen LogP contribution >= 0.6 is 0 Å². The van der Waals surface area contributed by atoms with Crippen LogP contribution < -0.4 is 10.1 Å². The van der Waals surface area contributed by atoms with E-state index in [2.05, 4.69) is 5.32 Å². The van der Waals surface area contributed by atoms with Crippen molar-refractivity contribution in [3.8, 4) is 5.75 Å². The molecule has 0 aromatic heterocycles. The Hall–Kier alpha value is -2.36. The summed E-state index contributed by atoms with van der Waals surface area (Å²) in [6, 6.07) is 9.69. The van der Waals surface area contributed by atoms with E-state index < -0.39 is 0 Å². The zero-order chi connectivity index (χ0) is 14.7. The number of carbonyl (C=O) groups is 1. The summed E-state index contributed by atoms with van der Waals surface area (Å²) in [6.45, 7) is 3.51. The Balaban J connectivity index is 2.21. The quantitative estimate of drug-likeness (QED) is 0.926. The summed E-state index contributed by atoms with van der Waals surface area (Å²) in [6.07, 6.45) is 0. The number of methoxy groups -OCH3 is 1. The fourth-order valence-electron chi connectivity index (χ4n) is 1.88. The van der Waals surface area contributed by atoms with Gasteiger partial charge in [0.15, 0.2) is 0 Å². The average Bonchev–Trinajstić information content (AvgIpc) is 2.43. The molecule has 0 bridgehead atoms. The van der Waals surface area contributed by atoms with E-state index in [1.54, 1.807) is 26.2 Å². The predicted octanol–water partition coefficient (Wildman–Crippen LogP) is 3.70. The Labute approximate surface area is 117 Å². The van der Waals surface area contributed by atoms with Crippen LogP contribution in [0.1, 0.15) is 21.5 Å². The van der Waals surface area contributed by atoms with Crippen molar-refractivity contribution in [3.63, 3.8) is 0 Å². The number of aryl methyl sites for hydroxylation is 2. The number of ether oxygens (including phenoxy) is 1. The lowest BCUT2D eigenvalue weighted by Gasteiger charge is -2.10. The van der Waals surface area contributed by atoms with Crippen LogP contribution in [0.5, 0.6) is 5.75 Å². The van der Waals surface area contributed by atoms with Gasteiger partial charge in [-0.15, -0.1) is 0 Å². The lowest BCUT2D eigenvalue weighted by Crippen LogP contribution is -2.13. The second-order valence-corrected chi connectivity index (χ2v) is 4.60. The number of halogens is 1. The molecule has 0 spiro atoms. The SMILES string of the molecule is COc1ccc(NC(=O)c2ccc(F)c(C)c2)c(C)c1. The second-order valence-electron chi connectivity index (χ2n) is 4.60. The fourth-order valence-corrected chi connectivity index (χ4v) is 1.88. The normalized spacial score (nSPS) is 10.2. The minimum Gasteiger partial charge on any atom is -0.497 e. The summed E-state index contributed by atoms with van der Waals surface area (Å²) in [5, 5.41) is 2.81. The molecule has 4 heteroatoms. The van der Waals surface area contributed by atoms with Gasteiger partial charge in [0.2, 0.25) is 0 Å². The van der Waals surface area contributed by atoms with Gasteiger partial charge in [-0.25, -0.2) is 4.39 Å². The van der Waals surface area contributed by atoms with Crippen molar-refractivity contribution >= 4 is 11.6 Å². The Morgan fingerprint density at radius 2 is 1.85 bits per heavy atom. The lowest BCUT2D eigenvalue weighted by atomic mass is 10.1. The summed E-state index contributed by atoms with van der Waals surface area (Å²) in [4.78, 5) is 12.1. The van der Waals surface area contributed by atoms with Crippen LogP contribution in [0.15, 0.2) is 36.4 Å². The standard InChI is InChI=1S/C16H16FNO2/c1-10-8-12(4-6-14(10)17)16(19)18-15-7-5-13(20-3)9-11(15)2/h4-9H,1-3H3,(H,18,19). The molecule has 1 amide bonds. The van der Waals surface area contributed by atoms with E-state index in [4.69, 9.17) is 4.74 Å². The van der Waals surface area contributed by atoms with Gasteiger partial charge in [0, 0.05) is 11.3 Å². The molecule has 0 atom stereocenters. The summed E-state index contributed by atoms with van der Waals surface area (Å²) in [5.74, 6) is 0.154. The molecule has 1 N–H and O–H groups in total. The van der Waals surface area contributed by atoms with E-state index >= 15 is 0 Å². The van der Waals surface area contributed by atoms with Gasteiger partial charge in [-0.3, -0.25) is 4.79 Å². The second kappa shape index (κ2) is 5.74. The van der Waals surface area contributed by atoms with Gasteiger partial charge in [0.25, 0.3) is 5.91 Å². The first kappa shape index (κ1) is 14.1. The van der Waals surface area contributed by atoms with E-state index in [1.807, 2.05) is 13.0 Å². The van der Waals surface area contributed by atoms with E-state index in [0.29, 0.717) is 16.8 Å². The van der Waals surface area contributed by atoms with Crippen LogP contribution in [0.4, 0.5) is 10.1 Å². The minimum absolute atomic E-state index is 0.263. The molecule has 0 radical (unpaired) electrons. The van der Waals surface area contributed by atoms with Crippen molar-refractivity contribution in [3.05, 3.63) is 58.9 Å². The Morgan fingerprint density at radius 1 is 1.10 bits per heavy atom. The molecule has 2 rings (SSSR count). The highest BCUT2D eigenvalue weighted by Gasteiger charge is 2.09. The third kappa shape index (κ3) is 2.96. The molecule has 0 aliphatic carbocycles. The number of rotatable bonds is 3. The van der Waals surface area contributed by atoms with Crippen molar-refractivity contribution in [2.75, 3.05) is 12.4 Å². The van der Waals surface area contributed by atoms with E-state index in [-0.39, 0.29) is 11.7 Å². The highest BCUT2D eigenvalue weighted by Crippen LogP contribution is 2.22. The fraction of sp³-hybridized carbons (Fsp3) is 0.188. The van der Waals surface area contributed by atoms with Crippen molar-refractivity contribution in [2.45, 2.75) is 13.8 Å². The summed E-state index contributed by atoms with van der Waals surface area (Å²) in [7, 11) is 1.59. The molecule has 0 aliphatic rings. The summed E-state index contributed by atoms with van der Waals surface area (Å²) < 4.78 is 18.3. The number of amides is 1. The van der Waals surface area contributed by atoms with E-state index in [0.717, 1.165) is 11.3 Å². The van der Waals surface area contributed by atoms with Gasteiger partial charge in [-0.2, -0.15) is 0 Å². The monoisotopic (exact) mass is 273 g/mol. The van der Waals surface area contributed by atoms with Gasteiger partial charge in [-0.05, 0) is 61.4 Å². The van der Waals surface area contributed by atoms with Crippen molar-refractivity contribution in [1.82, 2.24) is 0 Å². The molecular formula is C16H16FNO2. The maximum absolute atomic E-state index is 13.2. The molecule has 0 saturated carbocycles. The van der Waals surface area contributed by atoms with Gasteiger partial charge < -0.3 is 10.1 Å². The van der Waals surface area contributed by atoms with Crippen molar-refractivity contribution in [2.24, 2.45) is 0 Å². The first-order chi connectivity index (χ1) is 9.51. The zero-order valence-electron chi connectivity index (χ0n) is 11.7. The van der Waals surface area contributed by atoms with Gasteiger partial charge in [0.05, 0.1) is 7.11 Å². The van der Waals surface area contributed by atoms with Gasteiger partial charge in [0.1, 0.15) is 11.6 Å². The first-order valence-corrected chi connectivity index (χ1v) is 6.23. The Morgan fingerprint density at radius 3 is 2.45 bits per heavy atom. The van der Waals surface area contributed by atoms with Gasteiger partial charge in [-0.1, -0.05) is 0 Å². The molecular weight excluding hydrogens is 257 g/mol. The van der Waals surface area contributed by atoms with E-state index in [1.165, 1.54) is 18.2 Å². The number of anilines is 1. The van der Waals surface area contributed by atoms with Crippen molar-refractivity contribution < 1.29 is 13.9 Å². The van der Waals surface area contributed by atoms with Crippen LogP contribution in [-0.2, 0) is 0 Å². The topological polar surface area (TPSA) is 38.3 Å². The highest BCUT2D eigenvalue weighted by molar-refractivity contribution is 6.04. The van der Waals surface area contributed by atoms with Gasteiger partial charge >= 0.3 is 0 Å². The van der Waals surface area contributed by atoms with Crippen molar-refractivity contribution in [1.29, 1.82) is 0 Å². The van der Waals surface area contributed by atoms with Crippen LogP contribution in [0.3, 0.4) is 0 Å². The maximum atomic E-state index is 13.2. The Kier molecular flexibility index (Phi) is 4.03. The summed E-state index contributed by atoms with van der Waals surface area (Å²) >= 11 is 0. The minimum atomic E-state index is -0.317. The number of hydrogen-bond donors (Lipinski definition) is 1. The number of benzene rings is 2. The maximum Gasteiger partial charge on any atom is 0.255 e. The Bertz CT molecular complexity index is 653. The molecule has 0 saturated heterocycles. The molecule has 2 aromatic rings. The highest BCUT2D eigenvalue weighted by atomic mass is 19.1. The van der Waals surface area contributed by atoms with E-state index in [9.17, 15) is 9.18 Å². The zero-order valence-corrected chi connectivity index (χ0v) is 11.7. The average molecular weight is 273 g/mol. The molecule has 3 nitrogen and oxygen atoms in total. The lowest BCUT2D eigenvalue weighted by molar-refractivity contribution is 0.102. The van der Waals surface area contributed by atoms with Crippen LogP contribution in [-0.4, -0.2) is 13.0 Å². The molecule has 0 unspecified atom stereocenters. The number of carbonyl (C=O) groups excluding carboxylic acids is 1. The first-order valence-electron chi connectivity index (χ1n) is 6.23. The molecule has 0 heterocycles. The van der Waals surface area contributed by atoms with Crippen LogP contribution in [0, 0.1) is 19.7 Å². The number of nitrogens with one attached hydrogen (secondary N) is 1. The molecule has 20 heavy (non-hydrogen) atoms.